The van der Waals surface area contributed by atoms with Crippen molar-refractivity contribution in [3.05, 3.63) is 48.5 Å². The monoisotopic (exact) mass is 399 g/mol. The smallest absolute Gasteiger partial charge is 0.238 e. The number of nitrogens with zero attached hydrogens (tertiary/aromatic N) is 2. The first-order valence-corrected chi connectivity index (χ1v) is 9.82. The molecular formula is C22H29N3O4. The fourth-order valence-corrected chi connectivity index (χ4v) is 3.24. The van der Waals surface area contributed by atoms with Gasteiger partial charge in [-0.15, -0.1) is 0 Å². The average molecular weight is 399 g/mol. The summed E-state index contributed by atoms with van der Waals surface area (Å²) in [6.07, 6.45) is 0. The van der Waals surface area contributed by atoms with Gasteiger partial charge in [-0.2, -0.15) is 0 Å². The molecule has 1 aliphatic rings. The summed E-state index contributed by atoms with van der Waals surface area (Å²) in [5, 5.41) is 2.93. The quantitative estimate of drug-likeness (QED) is 0.698. The lowest BCUT2D eigenvalue weighted by molar-refractivity contribution is -0.117. The Labute approximate surface area is 172 Å². The van der Waals surface area contributed by atoms with Gasteiger partial charge in [0.25, 0.3) is 0 Å². The van der Waals surface area contributed by atoms with Gasteiger partial charge in [0.1, 0.15) is 23.9 Å². The number of hydrogen-bond acceptors (Lipinski definition) is 6. The molecule has 29 heavy (non-hydrogen) atoms. The number of anilines is 1. The summed E-state index contributed by atoms with van der Waals surface area (Å²) in [4.78, 5) is 16.8. The van der Waals surface area contributed by atoms with Gasteiger partial charge >= 0.3 is 0 Å². The molecule has 0 aliphatic carbocycles. The van der Waals surface area contributed by atoms with Crippen LogP contribution in [0.4, 0.5) is 5.69 Å². The molecule has 0 spiro atoms. The molecule has 1 heterocycles. The molecule has 0 radical (unpaired) electrons. The Bertz CT molecular complexity index is 774. The molecule has 3 rings (SSSR count). The second-order valence-electron chi connectivity index (χ2n) is 6.92. The van der Waals surface area contributed by atoms with Crippen LogP contribution in [0.1, 0.15) is 0 Å². The van der Waals surface area contributed by atoms with E-state index in [9.17, 15) is 4.79 Å². The normalized spacial score (nSPS) is 15.0. The van der Waals surface area contributed by atoms with Crippen LogP contribution in [0, 0.1) is 0 Å². The zero-order valence-electron chi connectivity index (χ0n) is 17.1. The Morgan fingerprint density at radius 2 is 1.55 bits per heavy atom. The molecule has 0 bridgehead atoms. The summed E-state index contributed by atoms with van der Waals surface area (Å²) in [6.45, 7) is 5.50. The summed E-state index contributed by atoms with van der Waals surface area (Å²) in [5.74, 6) is 2.39. The van der Waals surface area contributed by atoms with Crippen LogP contribution in [0.15, 0.2) is 48.5 Å². The standard InChI is InChI=1S/C22H29N3O4/c1-27-19-6-8-20(9-7-19)29-15-14-24-10-12-25(13-11-24)17-22(26)23-18-4-3-5-21(16-18)28-2/h3-9,16H,10-15,17H2,1-2H3,(H,23,26). The summed E-state index contributed by atoms with van der Waals surface area (Å²) in [5.41, 5.74) is 0.753. The van der Waals surface area contributed by atoms with E-state index in [4.69, 9.17) is 14.2 Å². The minimum Gasteiger partial charge on any atom is -0.497 e. The van der Waals surface area contributed by atoms with Crippen molar-refractivity contribution in [1.29, 1.82) is 0 Å². The minimum atomic E-state index is -0.00505. The molecule has 0 aromatic heterocycles. The van der Waals surface area contributed by atoms with E-state index in [0.29, 0.717) is 13.2 Å². The van der Waals surface area contributed by atoms with E-state index in [2.05, 4.69) is 15.1 Å². The predicted molar refractivity (Wildman–Crippen MR) is 113 cm³/mol. The second kappa shape index (κ2) is 10.7. The highest BCUT2D eigenvalue weighted by molar-refractivity contribution is 5.92. The number of benzene rings is 2. The van der Waals surface area contributed by atoms with Gasteiger partial charge in [-0.25, -0.2) is 0 Å². The van der Waals surface area contributed by atoms with E-state index in [0.717, 1.165) is 55.7 Å². The van der Waals surface area contributed by atoms with E-state index in [1.54, 1.807) is 14.2 Å². The van der Waals surface area contributed by atoms with Crippen molar-refractivity contribution < 1.29 is 19.0 Å². The molecule has 2 aromatic carbocycles. The minimum absolute atomic E-state index is 0.00505. The van der Waals surface area contributed by atoms with E-state index >= 15 is 0 Å². The Hall–Kier alpha value is -2.77. The van der Waals surface area contributed by atoms with Crippen molar-refractivity contribution in [3.8, 4) is 17.2 Å². The molecule has 7 heteroatoms. The van der Waals surface area contributed by atoms with Crippen LogP contribution in [0.2, 0.25) is 0 Å². The van der Waals surface area contributed by atoms with Crippen molar-refractivity contribution in [2.75, 3.05) is 65.4 Å². The van der Waals surface area contributed by atoms with Crippen molar-refractivity contribution >= 4 is 11.6 Å². The lowest BCUT2D eigenvalue weighted by Gasteiger charge is -2.34. The number of amides is 1. The molecule has 0 saturated carbocycles. The summed E-state index contributed by atoms with van der Waals surface area (Å²) < 4.78 is 16.1. The lowest BCUT2D eigenvalue weighted by atomic mass is 10.3. The SMILES string of the molecule is COc1ccc(OCCN2CCN(CC(=O)Nc3cccc(OC)c3)CC2)cc1. The van der Waals surface area contributed by atoms with Gasteiger partial charge < -0.3 is 19.5 Å². The van der Waals surface area contributed by atoms with Crippen LogP contribution in [-0.4, -0.2) is 75.8 Å². The average Bonchev–Trinajstić information content (AvgIpc) is 2.75. The highest BCUT2D eigenvalue weighted by Gasteiger charge is 2.19. The zero-order chi connectivity index (χ0) is 20.5. The van der Waals surface area contributed by atoms with Crippen molar-refractivity contribution in [2.45, 2.75) is 0 Å². The number of piperazine rings is 1. The van der Waals surface area contributed by atoms with Crippen LogP contribution in [0.25, 0.3) is 0 Å². The number of rotatable bonds is 9. The largest absolute Gasteiger partial charge is 0.497 e. The fraction of sp³-hybridized carbons (Fsp3) is 0.409. The third-order valence-electron chi connectivity index (χ3n) is 4.92. The first-order valence-electron chi connectivity index (χ1n) is 9.82. The molecule has 7 nitrogen and oxygen atoms in total. The van der Waals surface area contributed by atoms with E-state index in [1.807, 2.05) is 48.5 Å². The zero-order valence-corrected chi connectivity index (χ0v) is 17.1. The van der Waals surface area contributed by atoms with Crippen LogP contribution < -0.4 is 19.5 Å². The highest BCUT2D eigenvalue weighted by atomic mass is 16.5. The molecule has 156 valence electrons. The molecule has 2 aromatic rings. The van der Waals surface area contributed by atoms with Gasteiger partial charge in [-0.1, -0.05) is 6.07 Å². The van der Waals surface area contributed by atoms with Gasteiger partial charge in [0, 0.05) is 44.5 Å². The lowest BCUT2D eigenvalue weighted by Crippen LogP contribution is -2.49. The van der Waals surface area contributed by atoms with Crippen molar-refractivity contribution in [3.63, 3.8) is 0 Å². The molecule has 0 unspecified atom stereocenters. The van der Waals surface area contributed by atoms with E-state index < -0.39 is 0 Å². The first-order chi connectivity index (χ1) is 14.2. The molecule has 1 N–H and O–H groups in total. The summed E-state index contributed by atoms with van der Waals surface area (Å²) in [6, 6.07) is 15.0. The van der Waals surface area contributed by atoms with E-state index in [-0.39, 0.29) is 5.91 Å². The number of methoxy groups -OCH3 is 2. The van der Waals surface area contributed by atoms with Crippen molar-refractivity contribution in [1.82, 2.24) is 9.80 Å². The van der Waals surface area contributed by atoms with Gasteiger partial charge in [0.05, 0.1) is 20.8 Å². The van der Waals surface area contributed by atoms with Gasteiger partial charge in [-0.05, 0) is 36.4 Å². The maximum absolute atomic E-state index is 12.3. The number of carbonyl (C=O) groups is 1. The second-order valence-corrected chi connectivity index (χ2v) is 6.92. The maximum Gasteiger partial charge on any atom is 0.238 e. The van der Waals surface area contributed by atoms with Crippen LogP contribution in [-0.2, 0) is 4.79 Å². The van der Waals surface area contributed by atoms with Crippen LogP contribution in [0.3, 0.4) is 0 Å². The molecule has 1 fully saturated rings. The molecule has 0 atom stereocenters. The van der Waals surface area contributed by atoms with Crippen LogP contribution >= 0.6 is 0 Å². The third-order valence-corrected chi connectivity index (χ3v) is 4.92. The Balaban J connectivity index is 1.33. The summed E-state index contributed by atoms with van der Waals surface area (Å²) in [7, 11) is 3.26. The molecule has 1 saturated heterocycles. The van der Waals surface area contributed by atoms with Gasteiger partial charge in [0.15, 0.2) is 0 Å². The number of carbonyl (C=O) groups excluding carboxylic acids is 1. The Morgan fingerprint density at radius 3 is 2.24 bits per heavy atom. The fourth-order valence-electron chi connectivity index (χ4n) is 3.24. The summed E-state index contributed by atoms with van der Waals surface area (Å²) >= 11 is 0. The highest BCUT2D eigenvalue weighted by Crippen LogP contribution is 2.18. The molecule has 1 aliphatic heterocycles. The Morgan fingerprint density at radius 1 is 0.897 bits per heavy atom. The van der Waals surface area contributed by atoms with Crippen molar-refractivity contribution in [2.24, 2.45) is 0 Å². The molecule has 1 amide bonds. The van der Waals surface area contributed by atoms with Gasteiger partial charge in [-0.3, -0.25) is 14.6 Å². The predicted octanol–water partition coefficient (Wildman–Crippen LogP) is 2.34. The van der Waals surface area contributed by atoms with E-state index in [1.165, 1.54) is 0 Å². The van der Waals surface area contributed by atoms with Crippen LogP contribution in [0.5, 0.6) is 17.2 Å². The number of hydrogen-bond donors (Lipinski definition) is 1. The number of ether oxygens (including phenoxy) is 3. The maximum atomic E-state index is 12.3. The Kier molecular flexibility index (Phi) is 7.72. The topological polar surface area (TPSA) is 63.3 Å². The molecular weight excluding hydrogens is 370 g/mol. The third kappa shape index (κ3) is 6.66. The number of nitrogens with one attached hydrogen (secondary N) is 1. The van der Waals surface area contributed by atoms with Gasteiger partial charge in [0.2, 0.25) is 5.91 Å². The first kappa shape index (κ1) is 21.0.